The summed E-state index contributed by atoms with van der Waals surface area (Å²) in [5, 5.41) is 2.86. The average molecular weight is 352 g/mol. The first-order valence-electron chi connectivity index (χ1n) is 8.38. The lowest BCUT2D eigenvalue weighted by molar-refractivity contribution is -0.132. The normalized spacial score (nSPS) is 21.4. The van der Waals surface area contributed by atoms with Crippen molar-refractivity contribution in [3.63, 3.8) is 0 Å². The summed E-state index contributed by atoms with van der Waals surface area (Å²) in [5.41, 5.74) is 9.13. The Kier molecular flexibility index (Phi) is 5.88. The molecule has 1 heterocycles. The number of hydrogen-bond acceptors (Lipinski definition) is 3. The molecule has 2 amide bonds. The molecule has 1 aromatic carbocycles. The Hall–Kier alpha value is -1.59. The van der Waals surface area contributed by atoms with Gasteiger partial charge in [-0.3, -0.25) is 9.59 Å². The summed E-state index contributed by atoms with van der Waals surface area (Å²) in [4.78, 5) is 26.6. The molecule has 2 atom stereocenters. The third-order valence-electron chi connectivity index (χ3n) is 4.78. The summed E-state index contributed by atoms with van der Waals surface area (Å²) >= 11 is 0. The molecule has 2 aliphatic rings. The maximum Gasteiger partial charge on any atom is 0.239 e. The minimum atomic E-state index is -0.581. The Morgan fingerprint density at radius 3 is 2.46 bits per heavy atom. The van der Waals surface area contributed by atoms with Crippen molar-refractivity contribution in [2.45, 2.75) is 39.2 Å². The minimum absolute atomic E-state index is 0. The van der Waals surface area contributed by atoms with Crippen LogP contribution in [0.25, 0.3) is 0 Å². The van der Waals surface area contributed by atoms with Crippen LogP contribution in [0.1, 0.15) is 30.4 Å². The van der Waals surface area contributed by atoms with Crippen molar-refractivity contribution in [1.82, 2.24) is 5.32 Å². The molecule has 2 fully saturated rings. The summed E-state index contributed by atoms with van der Waals surface area (Å²) in [6.07, 6.45) is 2.87. The van der Waals surface area contributed by atoms with Crippen LogP contribution in [0.5, 0.6) is 0 Å². The van der Waals surface area contributed by atoms with Crippen molar-refractivity contribution in [2.75, 3.05) is 18.0 Å². The molecule has 0 bridgehead atoms. The molecule has 1 saturated carbocycles. The average Bonchev–Trinajstić information content (AvgIpc) is 3.26. The summed E-state index contributed by atoms with van der Waals surface area (Å²) in [7, 11) is 0. The number of carbonyl (C=O) groups excluding carboxylic acids is 2. The van der Waals surface area contributed by atoms with Gasteiger partial charge in [-0.05, 0) is 62.3 Å². The van der Waals surface area contributed by atoms with Gasteiger partial charge < -0.3 is 16.0 Å². The van der Waals surface area contributed by atoms with E-state index in [1.807, 2.05) is 26.0 Å². The molecule has 5 nitrogen and oxygen atoms in total. The van der Waals surface area contributed by atoms with Crippen LogP contribution in [-0.2, 0) is 9.59 Å². The molecular formula is C18H26ClN3O2. The zero-order valence-electron chi connectivity index (χ0n) is 14.2. The Bertz CT molecular complexity index is 610. The largest absolute Gasteiger partial charge is 0.354 e. The molecule has 2 unspecified atom stereocenters. The number of amides is 2. The van der Waals surface area contributed by atoms with Gasteiger partial charge in [-0.2, -0.15) is 0 Å². The molecule has 1 aromatic rings. The number of nitrogens with zero attached hydrogens (tertiary/aromatic N) is 1. The van der Waals surface area contributed by atoms with E-state index in [1.54, 1.807) is 4.90 Å². The van der Waals surface area contributed by atoms with Crippen molar-refractivity contribution in [3.8, 4) is 0 Å². The van der Waals surface area contributed by atoms with Gasteiger partial charge in [-0.15, -0.1) is 12.4 Å². The molecule has 3 rings (SSSR count). The first-order valence-corrected chi connectivity index (χ1v) is 8.38. The number of nitrogens with one attached hydrogen (secondary N) is 1. The maximum absolute atomic E-state index is 12.6. The molecule has 1 aliphatic carbocycles. The van der Waals surface area contributed by atoms with Crippen molar-refractivity contribution in [1.29, 1.82) is 0 Å². The standard InChI is InChI=1S/C18H25N3O2.ClH/c1-11-7-12(2)9-14(8-11)21-6-5-15(18(21)23)17(22)20-10-16(19)13-3-4-13;/h7-9,13,15-16H,3-6,10,19H2,1-2H3,(H,20,22);1H. The van der Waals surface area contributed by atoms with Crippen LogP contribution in [0.15, 0.2) is 18.2 Å². The number of aryl methyl sites for hydroxylation is 2. The third-order valence-corrected chi connectivity index (χ3v) is 4.78. The predicted molar refractivity (Wildman–Crippen MR) is 97.3 cm³/mol. The van der Waals surface area contributed by atoms with E-state index in [9.17, 15) is 9.59 Å². The van der Waals surface area contributed by atoms with Gasteiger partial charge in [-0.1, -0.05) is 6.07 Å². The van der Waals surface area contributed by atoms with Crippen molar-refractivity contribution >= 4 is 29.9 Å². The first kappa shape index (κ1) is 18.7. The highest BCUT2D eigenvalue weighted by Crippen LogP contribution is 2.31. The van der Waals surface area contributed by atoms with Crippen LogP contribution in [0.4, 0.5) is 5.69 Å². The van der Waals surface area contributed by atoms with E-state index in [0.29, 0.717) is 25.4 Å². The van der Waals surface area contributed by atoms with Gasteiger partial charge in [-0.25, -0.2) is 0 Å². The second-order valence-electron chi connectivity index (χ2n) is 6.92. The Labute approximate surface area is 149 Å². The van der Waals surface area contributed by atoms with E-state index >= 15 is 0 Å². The number of carbonyl (C=O) groups is 2. The molecule has 0 spiro atoms. The monoisotopic (exact) mass is 351 g/mol. The molecule has 0 radical (unpaired) electrons. The molecule has 3 N–H and O–H groups in total. The van der Waals surface area contributed by atoms with Crippen LogP contribution in [0.2, 0.25) is 0 Å². The van der Waals surface area contributed by atoms with Gasteiger partial charge in [0, 0.05) is 24.8 Å². The molecule has 1 saturated heterocycles. The van der Waals surface area contributed by atoms with Gasteiger partial charge in [0.1, 0.15) is 5.92 Å². The van der Waals surface area contributed by atoms with Crippen LogP contribution >= 0.6 is 12.4 Å². The van der Waals surface area contributed by atoms with Gasteiger partial charge in [0.15, 0.2) is 0 Å². The van der Waals surface area contributed by atoms with Crippen LogP contribution in [-0.4, -0.2) is 30.9 Å². The van der Waals surface area contributed by atoms with E-state index in [2.05, 4.69) is 11.4 Å². The van der Waals surface area contributed by atoms with Crippen LogP contribution in [0, 0.1) is 25.7 Å². The van der Waals surface area contributed by atoms with Crippen LogP contribution < -0.4 is 16.0 Å². The van der Waals surface area contributed by atoms with E-state index in [4.69, 9.17) is 5.73 Å². The molecular weight excluding hydrogens is 326 g/mol. The SMILES string of the molecule is Cc1cc(C)cc(N2CCC(C(=O)NCC(N)C3CC3)C2=O)c1.Cl. The molecule has 24 heavy (non-hydrogen) atoms. The smallest absolute Gasteiger partial charge is 0.239 e. The Balaban J connectivity index is 0.00000208. The zero-order chi connectivity index (χ0) is 16.6. The highest BCUT2D eigenvalue weighted by molar-refractivity contribution is 6.09. The number of benzene rings is 1. The van der Waals surface area contributed by atoms with Gasteiger partial charge in [0.05, 0.1) is 0 Å². The lowest BCUT2D eigenvalue weighted by Gasteiger charge is -2.18. The quantitative estimate of drug-likeness (QED) is 0.796. The maximum atomic E-state index is 12.6. The summed E-state index contributed by atoms with van der Waals surface area (Å²) < 4.78 is 0. The second kappa shape index (κ2) is 7.53. The lowest BCUT2D eigenvalue weighted by atomic mass is 10.1. The predicted octanol–water partition coefficient (Wildman–Crippen LogP) is 1.93. The summed E-state index contributed by atoms with van der Waals surface area (Å²) in [6, 6.07) is 6.08. The first-order chi connectivity index (χ1) is 11.0. The van der Waals surface area contributed by atoms with Crippen LogP contribution in [0.3, 0.4) is 0 Å². The second-order valence-corrected chi connectivity index (χ2v) is 6.92. The number of halogens is 1. The molecule has 132 valence electrons. The highest BCUT2D eigenvalue weighted by Gasteiger charge is 2.38. The fourth-order valence-electron chi connectivity index (χ4n) is 3.32. The molecule has 0 aromatic heterocycles. The fraction of sp³-hybridized carbons (Fsp3) is 0.556. The Morgan fingerprint density at radius 1 is 1.25 bits per heavy atom. The van der Waals surface area contributed by atoms with E-state index < -0.39 is 5.92 Å². The topological polar surface area (TPSA) is 75.4 Å². The number of anilines is 1. The van der Waals surface area contributed by atoms with E-state index in [-0.39, 0.29) is 30.3 Å². The zero-order valence-corrected chi connectivity index (χ0v) is 15.1. The van der Waals surface area contributed by atoms with Gasteiger partial charge >= 0.3 is 0 Å². The number of rotatable bonds is 5. The lowest BCUT2D eigenvalue weighted by Crippen LogP contribution is -2.43. The Morgan fingerprint density at radius 2 is 1.88 bits per heavy atom. The van der Waals surface area contributed by atoms with E-state index in [0.717, 1.165) is 29.7 Å². The van der Waals surface area contributed by atoms with E-state index in [1.165, 1.54) is 0 Å². The summed E-state index contributed by atoms with van der Waals surface area (Å²) in [6.45, 7) is 5.09. The number of nitrogens with two attached hydrogens (primary N) is 1. The highest BCUT2D eigenvalue weighted by atomic mass is 35.5. The molecule has 1 aliphatic heterocycles. The van der Waals surface area contributed by atoms with Crippen molar-refractivity contribution in [2.24, 2.45) is 17.6 Å². The van der Waals surface area contributed by atoms with Gasteiger partial charge in [0.2, 0.25) is 11.8 Å². The summed E-state index contributed by atoms with van der Waals surface area (Å²) in [5.74, 6) is -0.325. The number of hydrogen-bond donors (Lipinski definition) is 2. The van der Waals surface area contributed by atoms with Crippen molar-refractivity contribution in [3.05, 3.63) is 29.3 Å². The van der Waals surface area contributed by atoms with Gasteiger partial charge in [0.25, 0.3) is 0 Å². The third kappa shape index (κ3) is 4.08. The van der Waals surface area contributed by atoms with Crippen molar-refractivity contribution < 1.29 is 9.59 Å². The fourth-order valence-corrected chi connectivity index (χ4v) is 3.32. The molecule has 6 heteroatoms. The minimum Gasteiger partial charge on any atom is -0.354 e.